The first kappa shape index (κ1) is 12.1. The van der Waals surface area contributed by atoms with Gasteiger partial charge in [0.05, 0.1) is 12.1 Å². The highest BCUT2D eigenvalue weighted by Gasteiger charge is 2.24. The number of carbonyl (C=O) groups is 1. The van der Waals surface area contributed by atoms with Crippen molar-refractivity contribution in [3.8, 4) is 0 Å². The summed E-state index contributed by atoms with van der Waals surface area (Å²) in [7, 11) is 0. The Morgan fingerprint density at radius 1 is 1.67 bits per heavy atom. The van der Waals surface area contributed by atoms with Gasteiger partial charge in [-0.2, -0.15) is 0 Å². The Bertz CT molecular complexity index is 346. The highest BCUT2D eigenvalue weighted by Crippen LogP contribution is 2.27. The van der Waals surface area contributed by atoms with Crippen LogP contribution in [0, 0.1) is 0 Å². The average molecular weight is 229 g/mol. The zero-order chi connectivity index (χ0) is 11.5. The normalized spacial score (nSPS) is 11.7. The Labute approximate surface area is 92.9 Å². The summed E-state index contributed by atoms with van der Waals surface area (Å²) in [5, 5.41) is 11.2. The van der Waals surface area contributed by atoms with E-state index in [-0.39, 0.29) is 6.42 Å². The van der Waals surface area contributed by atoms with Gasteiger partial charge in [-0.25, -0.2) is 4.98 Å². The molecule has 0 amide bonds. The van der Waals surface area contributed by atoms with E-state index < -0.39 is 11.6 Å². The maximum atomic E-state index is 10.5. The summed E-state index contributed by atoms with van der Waals surface area (Å²) in [4.78, 5) is 14.7. The van der Waals surface area contributed by atoms with Crippen molar-refractivity contribution in [1.29, 1.82) is 0 Å². The molecule has 0 saturated heterocycles. The summed E-state index contributed by atoms with van der Waals surface area (Å²) in [6.07, 6.45) is -0.0291. The van der Waals surface area contributed by atoms with Crippen LogP contribution in [-0.2, 0) is 21.6 Å². The van der Waals surface area contributed by atoms with E-state index in [1.807, 2.05) is 20.8 Å². The van der Waals surface area contributed by atoms with Crippen molar-refractivity contribution in [2.75, 3.05) is 6.61 Å². The molecule has 0 unspecified atom stereocenters. The molecule has 84 valence electrons. The summed E-state index contributed by atoms with van der Waals surface area (Å²) < 4.78 is 5.53. The Morgan fingerprint density at radius 3 is 2.87 bits per heavy atom. The smallest absolute Gasteiger partial charge is 0.309 e. The summed E-state index contributed by atoms with van der Waals surface area (Å²) in [6, 6.07) is 0. The molecule has 0 aliphatic rings. The molecular formula is C10H15NO3S. The maximum absolute atomic E-state index is 10.5. The lowest BCUT2D eigenvalue weighted by Gasteiger charge is -2.21. The first-order valence-electron chi connectivity index (χ1n) is 4.76. The summed E-state index contributed by atoms with van der Waals surface area (Å²) in [5.41, 5.74) is 0.158. The zero-order valence-corrected chi connectivity index (χ0v) is 9.93. The predicted molar refractivity (Wildman–Crippen MR) is 58.1 cm³/mol. The third kappa shape index (κ3) is 3.28. The van der Waals surface area contributed by atoms with Gasteiger partial charge in [-0.1, -0.05) is 0 Å². The van der Waals surface area contributed by atoms with Crippen molar-refractivity contribution in [2.45, 2.75) is 32.8 Å². The van der Waals surface area contributed by atoms with Crippen LogP contribution >= 0.6 is 11.3 Å². The molecule has 0 aliphatic heterocycles. The third-order valence-corrected chi connectivity index (χ3v) is 3.10. The molecule has 0 fully saturated rings. The predicted octanol–water partition coefficient (Wildman–Crippen LogP) is 2.04. The SMILES string of the molecule is CCOC(C)(C)c1nc(CC(=O)O)cs1. The van der Waals surface area contributed by atoms with Crippen LogP contribution in [0.15, 0.2) is 5.38 Å². The van der Waals surface area contributed by atoms with Crippen LogP contribution in [0.1, 0.15) is 31.5 Å². The van der Waals surface area contributed by atoms with Gasteiger partial charge in [-0.3, -0.25) is 4.79 Å². The summed E-state index contributed by atoms with van der Waals surface area (Å²) in [5.74, 6) is -0.860. The van der Waals surface area contributed by atoms with E-state index in [1.165, 1.54) is 11.3 Å². The fourth-order valence-corrected chi connectivity index (χ4v) is 2.14. The molecule has 0 spiro atoms. The van der Waals surface area contributed by atoms with E-state index in [4.69, 9.17) is 9.84 Å². The zero-order valence-electron chi connectivity index (χ0n) is 9.11. The number of rotatable bonds is 5. The molecule has 0 saturated carbocycles. The van der Waals surface area contributed by atoms with Crippen LogP contribution in [0.3, 0.4) is 0 Å². The minimum Gasteiger partial charge on any atom is -0.481 e. The second-order valence-electron chi connectivity index (χ2n) is 3.66. The molecule has 1 heterocycles. The molecule has 0 radical (unpaired) electrons. The lowest BCUT2D eigenvalue weighted by atomic mass is 10.1. The van der Waals surface area contributed by atoms with E-state index in [2.05, 4.69) is 4.98 Å². The van der Waals surface area contributed by atoms with Crippen molar-refractivity contribution in [2.24, 2.45) is 0 Å². The van der Waals surface area contributed by atoms with Gasteiger partial charge in [0.15, 0.2) is 0 Å². The van der Waals surface area contributed by atoms with Crippen LogP contribution < -0.4 is 0 Å². The summed E-state index contributed by atoms with van der Waals surface area (Å²) >= 11 is 1.44. The standard InChI is InChI=1S/C10H15NO3S/c1-4-14-10(2,3)9-11-7(6-15-9)5-8(12)13/h6H,4-5H2,1-3H3,(H,12,13). The lowest BCUT2D eigenvalue weighted by molar-refractivity contribution is -0.136. The number of ether oxygens (including phenoxy) is 1. The average Bonchev–Trinajstić information content (AvgIpc) is 2.51. The fraction of sp³-hybridized carbons (Fsp3) is 0.600. The largest absolute Gasteiger partial charge is 0.481 e. The number of aromatic nitrogens is 1. The maximum Gasteiger partial charge on any atom is 0.309 e. The molecule has 0 aromatic carbocycles. The van der Waals surface area contributed by atoms with Crippen LogP contribution in [-0.4, -0.2) is 22.7 Å². The van der Waals surface area contributed by atoms with Crippen LogP contribution in [0.25, 0.3) is 0 Å². The minimum atomic E-state index is -0.860. The van der Waals surface area contributed by atoms with E-state index in [0.717, 1.165) is 5.01 Å². The first-order valence-corrected chi connectivity index (χ1v) is 5.64. The van der Waals surface area contributed by atoms with Crippen molar-refractivity contribution < 1.29 is 14.6 Å². The monoisotopic (exact) mass is 229 g/mol. The van der Waals surface area contributed by atoms with Crippen molar-refractivity contribution in [3.63, 3.8) is 0 Å². The van der Waals surface area contributed by atoms with Gasteiger partial charge in [0.25, 0.3) is 0 Å². The molecule has 4 nitrogen and oxygen atoms in total. The van der Waals surface area contributed by atoms with Gasteiger partial charge in [0.2, 0.25) is 0 Å². The second kappa shape index (κ2) is 4.72. The molecule has 15 heavy (non-hydrogen) atoms. The second-order valence-corrected chi connectivity index (χ2v) is 4.52. The van der Waals surface area contributed by atoms with Crippen LogP contribution in [0.4, 0.5) is 0 Å². The Balaban J connectivity index is 2.78. The molecule has 0 aliphatic carbocycles. The number of aliphatic carboxylic acids is 1. The van der Waals surface area contributed by atoms with Gasteiger partial charge in [0, 0.05) is 12.0 Å². The molecule has 0 atom stereocenters. The quantitative estimate of drug-likeness (QED) is 0.839. The van der Waals surface area contributed by atoms with Crippen molar-refractivity contribution in [1.82, 2.24) is 4.98 Å². The first-order chi connectivity index (χ1) is 6.95. The van der Waals surface area contributed by atoms with Gasteiger partial charge in [-0.15, -0.1) is 11.3 Å². The van der Waals surface area contributed by atoms with E-state index in [0.29, 0.717) is 12.3 Å². The molecule has 1 aromatic heterocycles. The molecular weight excluding hydrogens is 214 g/mol. The van der Waals surface area contributed by atoms with Crippen molar-refractivity contribution >= 4 is 17.3 Å². The Kier molecular flexibility index (Phi) is 3.82. The fourth-order valence-electron chi connectivity index (χ4n) is 1.24. The third-order valence-electron chi connectivity index (χ3n) is 1.90. The number of thiazole rings is 1. The van der Waals surface area contributed by atoms with Gasteiger partial charge < -0.3 is 9.84 Å². The molecule has 1 N–H and O–H groups in total. The van der Waals surface area contributed by atoms with E-state index in [9.17, 15) is 4.79 Å². The van der Waals surface area contributed by atoms with Gasteiger partial charge in [-0.05, 0) is 20.8 Å². The van der Waals surface area contributed by atoms with Gasteiger partial charge in [0.1, 0.15) is 10.6 Å². The Morgan fingerprint density at radius 2 is 2.33 bits per heavy atom. The topological polar surface area (TPSA) is 59.4 Å². The molecule has 1 rings (SSSR count). The summed E-state index contributed by atoms with van der Waals surface area (Å²) in [6.45, 7) is 6.40. The number of carboxylic acid groups (broad SMARTS) is 1. The number of carboxylic acids is 1. The van der Waals surface area contributed by atoms with E-state index >= 15 is 0 Å². The highest BCUT2D eigenvalue weighted by molar-refractivity contribution is 7.09. The Hall–Kier alpha value is -0.940. The van der Waals surface area contributed by atoms with Gasteiger partial charge >= 0.3 is 5.97 Å². The molecule has 0 bridgehead atoms. The molecule has 5 heteroatoms. The number of nitrogens with zero attached hydrogens (tertiary/aromatic N) is 1. The van der Waals surface area contributed by atoms with Crippen LogP contribution in [0.2, 0.25) is 0 Å². The number of hydrogen-bond acceptors (Lipinski definition) is 4. The lowest BCUT2D eigenvalue weighted by Crippen LogP contribution is -2.21. The van der Waals surface area contributed by atoms with Crippen LogP contribution in [0.5, 0.6) is 0 Å². The number of hydrogen-bond donors (Lipinski definition) is 1. The van der Waals surface area contributed by atoms with E-state index in [1.54, 1.807) is 5.38 Å². The minimum absolute atomic E-state index is 0.0291. The van der Waals surface area contributed by atoms with Crippen molar-refractivity contribution in [3.05, 3.63) is 16.1 Å². The molecule has 1 aromatic rings. The highest BCUT2D eigenvalue weighted by atomic mass is 32.1.